The van der Waals surface area contributed by atoms with Crippen molar-refractivity contribution < 1.29 is 9.53 Å². The Morgan fingerprint density at radius 3 is 2.72 bits per heavy atom. The molecule has 7 heteroatoms. The van der Waals surface area contributed by atoms with Gasteiger partial charge in [0.05, 0.1) is 23.8 Å². The van der Waals surface area contributed by atoms with E-state index in [-0.39, 0.29) is 17.2 Å². The van der Waals surface area contributed by atoms with Crippen molar-refractivity contribution in [2.45, 2.75) is 50.9 Å². The van der Waals surface area contributed by atoms with Gasteiger partial charge in [0, 0.05) is 20.1 Å². The van der Waals surface area contributed by atoms with Crippen molar-refractivity contribution >= 4 is 28.6 Å². The van der Waals surface area contributed by atoms with E-state index in [1.165, 1.54) is 11.8 Å². The number of fused-ring (bicyclic) bond motifs is 1. The number of para-hydroxylation sites is 1. The highest BCUT2D eigenvalue weighted by molar-refractivity contribution is 7.99. The molecule has 0 atom stereocenters. The van der Waals surface area contributed by atoms with Crippen LogP contribution in [-0.2, 0) is 17.9 Å². The third-order valence-corrected chi connectivity index (χ3v) is 6.33. The molecule has 0 saturated carbocycles. The van der Waals surface area contributed by atoms with Crippen LogP contribution in [0.15, 0.2) is 58.5 Å². The smallest absolute Gasteiger partial charge is 0.262 e. The quantitative estimate of drug-likeness (QED) is 0.238. The standard InChI is InChI=1S/C25H31N3O3S/c1-4-5-6-9-15-28-24(30)21-13-7-8-14-22(21)26-25(28)32-18-23(29)27(2)17-19-11-10-12-20(16-19)31-3/h7-8,10-14,16H,4-6,9,15,17-18H2,1-3H3. The second kappa shape index (κ2) is 11.7. The number of amides is 1. The predicted molar refractivity (Wildman–Crippen MR) is 130 cm³/mol. The van der Waals surface area contributed by atoms with E-state index in [1.807, 2.05) is 48.5 Å². The average Bonchev–Trinajstić information content (AvgIpc) is 2.81. The molecule has 1 amide bonds. The van der Waals surface area contributed by atoms with Crippen molar-refractivity contribution in [2.24, 2.45) is 0 Å². The minimum absolute atomic E-state index is 0.0160. The predicted octanol–water partition coefficient (Wildman–Crippen LogP) is 4.74. The van der Waals surface area contributed by atoms with Gasteiger partial charge in [-0.05, 0) is 36.2 Å². The van der Waals surface area contributed by atoms with E-state index in [4.69, 9.17) is 9.72 Å². The largest absolute Gasteiger partial charge is 0.497 e. The van der Waals surface area contributed by atoms with Crippen LogP contribution in [0.25, 0.3) is 10.9 Å². The van der Waals surface area contributed by atoms with Gasteiger partial charge in [0.15, 0.2) is 5.16 Å². The third-order valence-electron chi connectivity index (χ3n) is 5.37. The Morgan fingerprint density at radius 2 is 1.94 bits per heavy atom. The summed E-state index contributed by atoms with van der Waals surface area (Å²) in [7, 11) is 3.41. The Balaban J connectivity index is 1.73. The Labute approximate surface area is 193 Å². The number of carbonyl (C=O) groups is 1. The van der Waals surface area contributed by atoms with E-state index in [2.05, 4.69) is 6.92 Å². The maximum atomic E-state index is 13.1. The molecule has 0 aliphatic carbocycles. The van der Waals surface area contributed by atoms with Crippen LogP contribution >= 0.6 is 11.8 Å². The van der Waals surface area contributed by atoms with Crippen LogP contribution in [0, 0.1) is 0 Å². The summed E-state index contributed by atoms with van der Waals surface area (Å²) in [4.78, 5) is 32.3. The molecule has 3 rings (SSSR count). The van der Waals surface area contributed by atoms with Gasteiger partial charge in [0.1, 0.15) is 5.75 Å². The summed E-state index contributed by atoms with van der Waals surface area (Å²) in [5, 5.41) is 1.22. The fourth-order valence-corrected chi connectivity index (χ4v) is 4.49. The fourth-order valence-electron chi connectivity index (χ4n) is 3.52. The summed E-state index contributed by atoms with van der Waals surface area (Å²) in [6.07, 6.45) is 4.28. The van der Waals surface area contributed by atoms with Gasteiger partial charge in [-0.1, -0.05) is 62.2 Å². The zero-order valence-corrected chi connectivity index (χ0v) is 19.9. The van der Waals surface area contributed by atoms with E-state index < -0.39 is 0 Å². The number of rotatable bonds is 11. The van der Waals surface area contributed by atoms with E-state index in [9.17, 15) is 9.59 Å². The summed E-state index contributed by atoms with van der Waals surface area (Å²) < 4.78 is 7.00. The van der Waals surface area contributed by atoms with Crippen LogP contribution in [0.5, 0.6) is 5.75 Å². The number of methoxy groups -OCH3 is 1. The molecule has 0 bridgehead atoms. The number of ether oxygens (including phenoxy) is 1. The molecular formula is C25H31N3O3S. The third kappa shape index (κ3) is 6.13. The fraction of sp³-hybridized carbons (Fsp3) is 0.400. The zero-order chi connectivity index (χ0) is 22.9. The molecule has 32 heavy (non-hydrogen) atoms. The Kier molecular flexibility index (Phi) is 8.73. The molecular weight excluding hydrogens is 422 g/mol. The van der Waals surface area contributed by atoms with Crippen LogP contribution in [0.1, 0.15) is 38.2 Å². The number of carbonyl (C=O) groups excluding carboxylic acids is 1. The number of benzene rings is 2. The number of nitrogens with zero attached hydrogens (tertiary/aromatic N) is 3. The summed E-state index contributed by atoms with van der Waals surface area (Å²) in [5.41, 5.74) is 1.63. The van der Waals surface area contributed by atoms with E-state index in [0.717, 1.165) is 37.0 Å². The number of hydrogen-bond acceptors (Lipinski definition) is 5. The maximum Gasteiger partial charge on any atom is 0.262 e. The number of aromatic nitrogens is 2. The van der Waals surface area contributed by atoms with Crippen LogP contribution in [0.4, 0.5) is 0 Å². The molecule has 6 nitrogen and oxygen atoms in total. The lowest BCUT2D eigenvalue weighted by Gasteiger charge is -2.18. The molecule has 170 valence electrons. The molecule has 1 aromatic heterocycles. The Bertz CT molecular complexity index is 1110. The Morgan fingerprint density at radius 1 is 1.12 bits per heavy atom. The number of unbranched alkanes of at least 4 members (excludes halogenated alkanes) is 3. The van der Waals surface area contributed by atoms with Crippen molar-refractivity contribution in [2.75, 3.05) is 19.9 Å². The van der Waals surface area contributed by atoms with Crippen LogP contribution < -0.4 is 10.3 Å². The van der Waals surface area contributed by atoms with Crippen LogP contribution in [0.3, 0.4) is 0 Å². The molecule has 0 saturated heterocycles. The van der Waals surface area contributed by atoms with Gasteiger partial charge in [-0.25, -0.2) is 4.98 Å². The molecule has 0 fully saturated rings. The summed E-state index contributed by atoms with van der Waals surface area (Å²) >= 11 is 1.33. The van der Waals surface area contributed by atoms with Gasteiger partial charge in [-0.2, -0.15) is 0 Å². The van der Waals surface area contributed by atoms with Gasteiger partial charge in [0.2, 0.25) is 5.91 Å². The van der Waals surface area contributed by atoms with Crippen molar-refractivity contribution in [3.63, 3.8) is 0 Å². The van der Waals surface area contributed by atoms with Gasteiger partial charge in [-0.3, -0.25) is 14.2 Å². The molecule has 2 aromatic carbocycles. The highest BCUT2D eigenvalue weighted by Gasteiger charge is 2.15. The van der Waals surface area contributed by atoms with Crippen LogP contribution in [-0.4, -0.2) is 40.3 Å². The normalized spacial score (nSPS) is 11.0. The number of thioether (sulfide) groups is 1. The lowest BCUT2D eigenvalue weighted by atomic mass is 10.2. The molecule has 0 N–H and O–H groups in total. The maximum absolute atomic E-state index is 13.1. The topological polar surface area (TPSA) is 64.4 Å². The first-order chi connectivity index (χ1) is 15.5. The highest BCUT2D eigenvalue weighted by atomic mass is 32.2. The minimum atomic E-state index is -0.0354. The van der Waals surface area contributed by atoms with Crippen molar-refractivity contribution in [1.82, 2.24) is 14.5 Å². The van der Waals surface area contributed by atoms with Crippen molar-refractivity contribution in [3.05, 3.63) is 64.4 Å². The van der Waals surface area contributed by atoms with E-state index >= 15 is 0 Å². The number of hydrogen-bond donors (Lipinski definition) is 0. The lowest BCUT2D eigenvalue weighted by molar-refractivity contribution is -0.127. The molecule has 0 radical (unpaired) electrons. The summed E-state index contributed by atoms with van der Waals surface area (Å²) in [5.74, 6) is 0.975. The van der Waals surface area contributed by atoms with E-state index in [1.54, 1.807) is 23.6 Å². The summed E-state index contributed by atoms with van der Waals surface area (Å²) in [6, 6.07) is 15.1. The highest BCUT2D eigenvalue weighted by Crippen LogP contribution is 2.20. The SMILES string of the molecule is CCCCCCn1c(SCC(=O)N(C)Cc2cccc(OC)c2)nc2ccccc2c1=O. The molecule has 0 aliphatic heterocycles. The van der Waals surface area contributed by atoms with Gasteiger partial charge in [0.25, 0.3) is 5.56 Å². The zero-order valence-electron chi connectivity index (χ0n) is 19.0. The molecule has 0 aliphatic rings. The first-order valence-corrected chi connectivity index (χ1v) is 12.0. The second-order valence-electron chi connectivity index (χ2n) is 7.82. The Hall–Kier alpha value is -2.80. The monoisotopic (exact) mass is 453 g/mol. The van der Waals surface area contributed by atoms with Gasteiger partial charge >= 0.3 is 0 Å². The van der Waals surface area contributed by atoms with Crippen LogP contribution in [0.2, 0.25) is 0 Å². The first kappa shape index (κ1) is 23.9. The van der Waals surface area contributed by atoms with Gasteiger partial charge < -0.3 is 9.64 Å². The van der Waals surface area contributed by atoms with Crippen molar-refractivity contribution in [1.29, 1.82) is 0 Å². The van der Waals surface area contributed by atoms with E-state index in [0.29, 0.717) is 29.1 Å². The lowest BCUT2D eigenvalue weighted by Crippen LogP contribution is -2.29. The van der Waals surface area contributed by atoms with Gasteiger partial charge in [-0.15, -0.1) is 0 Å². The minimum Gasteiger partial charge on any atom is -0.497 e. The molecule has 3 aromatic rings. The second-order valence-corrected chi connectivity index (χ2v) is 8.76. The van der Waals surface area contributed by atoms with Crippen molar-refractivity contribution in [3.8, 4) is 5.75 Å². The molecule has 1 heterocycles. The summed E-state index contributed by atoms with van der Waals surface area (Å²) in [6.45, 7) is 3.27. The molecule has 0 spiro atoms. The molecule has 0 unspecified atom stereocenters. The average molecular weight is 454 g/mol. The first-order valence-electron chi connectivity index (χ1n) is 11.0.